The largest absolute Gasteiger partial charge is 0.341 e. The van der Waals surface area contributed by atoms with E-state index in [4.69, 9.17) is 11.6 Å². The van der Waals surface area contributed by atoms with Crippen LogP contribution in [-0.4, -0.2) is 50.7 Å². The van der Waals surface area contributed by atoms with Gasteiger partial charge in [-0.2, -0.15) is 5.10 Å². The second-order valence-corrected chi connectivity index (χ2v) is 9.36. The molecule has 160 valence electrons. The number of nitrogens with zero attached hydrogens (tertiary/aromatic N) is 4. The third-order valence-corrected chi connectivity index (χ3v) is 6.06. The molecule has 4 rings (SSSR count). The molecule has 0 unspecified atom stereocenters. The monoisotopic (exact) mass is 430 g/mol. The fourth-order valence-corrected chi connectivity index (χ4v) is 4.51. The average molecular weight is 431 g/mol. The maximum Gasteiger partial charge on any atom is 0.320 e. The predicted molar refractivity (Wildman–Crippen MR) is 115 cm³/mol. The Balaban J connectivity index is 1.47. The summed E-state index contributed by atoms with van der Waals surface area (Å²) in [6, 6.07) is 1.37. The van der Waals surface area contributed by atoms with Crippen LogP contribution in [0.5, 0.6) is 0 Å². The normalized spacial score (nSPS) is 20.0. The van der Waals surface area contributed by atoms with Gasteiger partial charge in [-0.1, -0.05) is 25.4 Å². The van der Waals surface area contributed by atoms with Crippen LogP contribution in [0.3, 0.4) is 0 Å². The number of urea groups is 1. The topological polar surface area (TPSA) is 92.2 Å². The number of aromatic nitrogens is 3. The van der Waals surface area contributed by atoms with E-state index in [1.165, 1.54) is 0 Å². The summed E-state index contributed by atoms with van der Waals surface area (Å²) in [6.45, 7) is 8.13. The number of nitrogens with one attached hydrogen (secondary N) is 2. The molecule has 0 aromatic carbocycles. The maximum atomic E-state index is 12.5. The molecule has 0 saturated carbocycles. The van der Waals surface area contributed by atoms with Crippen LogP contribution in [0.1, 0.15) is 39.3 Å². The van der Waals surface area contributed by atoms with Gasteiger partial charge in [0.05, 0.1) is 11.2 Å². The number of hydrogen-bond acceptors (Lipinski definition) is 4. The molecular weight excluding hydrogens is 404 g/mol. The van der Waals surface area contributed by atoms with Gasteiger partial charge in [0.1, 0.15) is 5.82 Å². The fourth-order valence-electron chi connectivity index (χ4n) is 4.31. The van der Waals surface area contributed by atoms with Crippen molar-refractivity contribution in [1.82, 2.24) is 25.0 Å². The molecule has 2 aromatic heterocycles. The van der Waals surface area contributed by atoms with Gasteiger partial charge in [0.15, 0.2) is 0 Å². The summed E-state index contributed by atoms with van der Waals surface area (Å²) >= 11 is 6.43. The van der Waals surface area contributed by atoms with Gasteiger partial charge in [0.25, 0.3) is 0 Å². The van der Waals surface area contributed by atoms with Crippen LogP contribution in [-0.2, 0) is 17.8 Å². The van der Waals surface area contributed by atoms with Gasteiger partial charge >= 0.3 is 6.03 Å². The van der Waals surface area contributed by atoms with Crippen LogP contribution in [0, 0.1) is 5.41 Å². The molecule has 0 aliphatic carbocycles. The highest BCUT2D eigenvalue weighted by Gasteiger charge is 2.32. The summed E-state index contributed by atoms with van der Waals surface area (Å²) in [6.07, 6.45) is 6.01. The van der Waals surface area contributed by atoms with E-state index in [2.05, 4.69) is 34.6 Å². The molecule has 3 amide bonds. The molecule has 1 fully saturated rings. The average Bonchev–Trinajstić information content (AvgIpc) is 3.18. The predicted octanol–water partition coefficient (Wildman–Crippen LogP) is 3.31. The van der Waals surface area contributed by atoms with Crippen molar-refractivity contribution in [2.24, 2.45) is 5.41 Å². The third kappa shape index (κ3) is 4.28. The van der Waals surface area contributed by atoms with Gasteiger partial charge in [0.2, 0.25) is 5.91 Å². The van der Waals surface area contributed by atoms with Gasteiger partial charge in [0, 0.05) is 55.6 Å². The Hall–Kier alpha value is -2.61. The molecule has 1 saturated heterocycles. The van der Waals surface area contributed by atoms with Crippen LogP contribution in [0.2, 0.25) is 5.02 Å². The van der Waals surface area contributed by atoms with E-state index in [9.17, 15) is 9.59 Å². The number of anilines is 1. The number of piperidine rings is 1. The first-order chi connectivity index (χ1) is 14.2. The minimum absolute atomic E-state index is 0.0304. The number of pyridine rings is 1. The van der Waals surface area contributed by atoms with Crippen molar-refractivity contribution in [3.05, 3.63) is 29.2 Å². The van der Waals surface area contributed by atoms with Gasteiger partial charge in [-0.15, -0.1) is 0 Å². The Labute approximate surface area is 181 Å². The molecule has 2 aromatic rings. The highest BCUT2D eigenvalue weighted by molar-refractivity contribution is 6.33. The summed E-state index contributed by atoms with van der Waals surface area (Å²) in [7, 11) is 0. The minimum Gasteiger partial charge on any atom is -0.341 e. The lowest BCUT2D eigenvalue weighted by atomic mass is 9.89. The second-order valence-electron chi connectivity index (χ2n) is 8.96. The maximum absolute atomic E-state index is 12.5. The summed E-state index contributed by atoms with van der Waals surface area (Å²) in [5.41, 5.74) is 3.09. The molecule has 0 radical (unpaired) electrons. The first-order valence-electron chi connectivity index (χ1n) is 10.3. The van der Waals surface area contributed by atoms with Crippen LogP contribution < -0.4 is 10.6 Å². The quantitative estimate of drug-likeness (QED) is 0.781. The molecule has 2 aliphatic heterocycles. The number of likely N-dealkylation sites (tertiary alicyclic amines) is 1. The number of carbonyl (C=O) groups is 2. The fraction of sp³-hybridized carbons (Fsp3) is 0.524. The van der Waals surface area contributed by atoms with Crippen LogP contribution in [0.15, 0.2) is 18.5 Å². The lowest BCUT2D eigenvalue weighted by Crippen LogP contribution is -2.50. The van der Waals surface area contributed by atoms with Crippen molar-refractivity contribution >= 4 is 29.4 Å². The molecule has 2 aliphatic rings. The summed E-state index contributed by atoms with van der Waals surface area (Å²) in [5, 5.41) is 10.8. The van der Waals surface area contributed by atoms with Gasteiger partial charge in [-0.3, -0.25) is 14.8 Å². The van der Waals surface area contributed by atoms with Gasteiger partial charge < -0.3 is 10.2 Å². The lowest BCUT2D eigenvalue weighted by molar-refractivity contribution is -0.130. The van der Waals surface area contributed by atoms with E-state index < -0.39 is 0 Å². The van der Waals surface area contributed by atoms with E-state index in [0.717, 1.165) is 49.2 Å². The van der Waals surface area contributed by atoms with Crippen molar-refractivity contribution in [1.29, 1.82) is 0 Å². The SMILES string of the molecule is CC(=O)N1CCC[C@@H](NC(=O)Nc2cc(-c3cnn4c3CC(C)(C)C4)c(Cl)cn2)C1. The smallest absolute Gasteiger partial charge is 0.320 e. The first kappa shape index (κ1) is 20.7. The molecule has 8 nitrogen and oxygen atoms in total. The number of halogens is 1. The van der Waals surface area contributed by atoms with Crippen molar-refractivity contribution in [3.63, 3.8) is 0 Å². The third-order valence-electron chi connectivity index (χ3n) is 5.76. The number of hydrogen-bond donors (Lipinski definition) is 2. The van der Waals surface area contributed by atoms with Crippen LogP contribution in [0.25, 0.3) is 11.1 Å². The zero-order chi connectivity index (χ0) is 21.5. The number of rotatable bonds is 3. The van der Waals surface area contributed by atoms with Crippen molar-refractivity contribution in [2.45, 2.75) is 52.6 Å². The molecule has 4 heterocycles. The summed E-state index contributed by atoms with van der Waals surface area (Å²) in [4.78, 5) is 30.1. The Kier molecular flexibility index (Phi) is 5.44. The Morgan fingerprint density at radius 2 is 2.07 bits per heavy atom. The second kappa shape index (κ2) is 7.91. The lowest BCUT2D eigenvalue weighted by Gasteiger charge is -2.32. The van der Waals surface area contributed by atoms with Crippen LogP contribution in [0.4, 0.5) is 10.6 Å². The summed E-state index contributed by atoms with van der Waals surface area (Å²) < 4.78 is 2.02. The molecule has 9 heteroatoms. The zero-order valence-electron chi connectivity index (χ0n) is 17.5. The first-order valence-corrected chi connectivity index (χ1v) is 10.6. The van der Waals surface area contributed by atoms with Gasteiger partial charge in [-0.25, -0.2) is 9.78 Å². The zero-order valence-corrected chi connectivity index (χ0v) is 18.3. The van der Waals surface area contributed by atoms with Crippen molar-refractivity contribution in [3.8, 4) is 11.1 Å². The number of amides is 3. The van der Waals surface area contributed by atoms with Crippen molar-refractivity contribution in [2.75, 3.05) is 18.4 Å². The molecule has 1 atom stereocenters. The van der Waals surface area contributed by atoms with Crippen LogP contribution >= 0.6 is 11.6 Å². The minimum atomic E-state index is -0.340. The summed E-state index contributed by atoms with van der Waals surface area (Å²) in [5.74, 6) is 0.450. The molecule has 0 bridgehead atoms. The van der Waals surface area contributed by atoms with Crippen molar-refractivity contribution < 1.29 is 9.59 Å². The Morgan fingerprint density at radius 3 is 2.83 bits per heavy atom. The van der Waals surface area contributed by atoms with E-state index in [1.807, 2.05) is 10.9 Å². The highest BCUT2D eigenvalue weighted by Crippen LogP contribution is 2.39. The van der Waals surface area contributed by atoms with E-state index >= 15 is 0 Å². The van der Waals surface area contributed by atoms with Gasteiger partial charge in [-0.05, 0) is 30.7 Å². The number of carbonyl (C=O) groups excluding carboxylic acids is 2. The molecular formula is C21H27ClN6O2. The van der Waals surface area contributed by atoms with E-state index in [1.54, 1.807) is 24.1 Å². The molecule has 30 heavy (non-hydrogen) atoms. The van der Waals surface area contributed by atoms with E-state index in [-0.39, 0.29) is 23.4 Å². The standard InChI is InChI=1S/C21H27ClN6O2/c1-13(29)27-6-4-5-14(11-27)25-20(30)26-19-7-15(17(22)10-23-19)16-9-24-28-12-21(2,3)8-18(16)28/h7,9-10,14H,4-6,8,11-12H2,1-3H3,(H2,23,25,26,30)/t14-/m1/s1. The Bertz CT molecular complexity index is 986. The van der Waals surface area contributed by atoms with E-state index in [0.29, 0.717) is 17.4 Å². The number of fused-ring (bicyclic) bond motifs is 1. The molecule has 0 spiro atoms. The Morgan fingerprint density at radius 1 is 1.27 bits per heavy atom. The highest BCUT2D eigenvalue weighted by atomic mass is 35.5. The molecule has 2 N–H and O–H groups in total.